The summed E-state index contributed by atoms with van der Waals surface area (Å²) in [5, 5.41) is 0. The number of allylic oxidation sites excluding steroid dienone is 1. The smallest absolute Gasteiger partial charge is 0.187 e. The molecule has 0 aromatic heterocycles. The SMILES string of the molecule is O=C(/C=C\N1CCCCC1)c1ccc(Br)cc1. The minimum absolute atomic E-state index is 0.0723. The number of carbonyl (C=O) groups is 1. The number of halogens is 1. The molecule has 90 valence electrons. The third-order valence-electron chi connectivity index (χ3n) is 2.96. The number of nitrogens with zero attached hydrogens (tertiary/aromatic N) is 1. The van der Waals surface area contributed by atoms with Crippen LogP contribution in [-0.4, -0.2) is 23.8 Å². The molecule has 0 aliphatic carbocycles. The number of carbonyl (C=O) groups excluding carboxylic acids is 1. The minimum Gasteiger partial charge on any atom is -0.377 e. The van der Waals surface area contributed by atoms with Gasteiger partial charge in [-0.15, -0.1) is 0 Å². The largest absolute Gasteiger partial charge is 0.377 e. The van der Waals surface area contributed by atoms with Crippen LogP contribution in [0.15, 0.2) is 41.0 Å². The predicted molar refractivity (Wildman–Crippen MR) is 73.0 cm³/mol. The molecular formula is C14H16BrNO. The van der Waals surface area contributed by atoms with Crippen molar-refractivity contribution in [3.63, 3.8) is 0 Å². The van der Waals surface area contributed by atoms with Gasteiger partial charge in [-0.1, -0.05) is 15.9 Å². The van der Waals surface area contributed by atoms with E-state index < -0.39 is 0 Å². The Morgan fingerprint density at radius 3 is 2.41 bits per heavy atom. The Morgan fingerprint density at radius 2 is 1.76 bits per heavy atom. The van der Waals surface area contributed by atoms with Gasteiger partial charge < -0.3 is 4.90 Å². The van der Waals surface area contributed by atoms with E-state index in [4.69, 9.17) is 0 Å². The first-order chi connectivity index (χ1) is 8.25. The van der Waals surface area contributed by atoms with Crippen LogP contribution in [0.1, 0.15) is 29.6 Å². The highest BCUT2D eigenvalue weighted by Gasteiger charge is 2.06. The summed E-state index contributed by atoms with van der Waals surface area (Å²) < 4.78 is 0.995. The molecule has 0 N–H and O–H groups in total. The lowest BCUT2D eigenvalue weighted by Crippen LogP contribution is -2.24. The van der Waals surface area contributed by atoms with Crippen LogP contribution >= 0.6 is 15.9 Å². The van der Waals surface area contributed by atoms with Crippen molar-refractivity contribution in [1.29, 1.82) is 0 Å². The van der Waals surface area contributed by atoms with Gasteiger partial charge in [-0.25, -0.2) is 0 Å². The zero-order valence-corrected chi connectivity index (χ0v) is 11.3. The van der Waals surface area contributed by atoms with Gasteiger partial charge in [0, 0.05) is 35.4 Å². The third kappa shape index (κ3) is 3.70. The number of ketones is 1. The van der Waals surface area contributed by atoms with Crippen molar-refractivity contribution in [2.75, 3.05) is 13.1 Å². The first-order valence-corrected chi connectivity index (χ1v) is 6.77. The molecule has 1 fully saturated rings. The molecule has 2 nitrogen and oxygen atoms in total. The summed E-state index contributed by atoms with van der Waals surface area (Å²) in [5.41, 5.74) is 0.737. The molecule has 0 bridgehead atoms. The van der Waals surface area contributed by atoms with Crippen molar-refractivity contribution in [3.05, 3.63) is 46.6 Å². The maximum atomic E-state index is 11.9. The van der Waals surface area contributed by atoms with Crippen LogP contribution in [0, 0.1) is 0 Å². The highest BCUT2D eigenvalue weighted by Crippen LogP contribution is 2.12. The lowest BCUT2D eigenvalue weighted by molar-refractivity contribution is 0.104. The van der Waals surface area contributed by atoms with Gasteiger partial charge in [0.1, 0.15) is 0 Å². The zero-order valence-electron chi connectivity index (χ0n) is 9.73. The summed E-state index contributed by atoms with van der Waals surface area (Å²) in [6, 6.07) is 7.46. The average Bonchev–Trinajstić information content (AvgIpc) is 2.38. The average molecular weight is 294 g/mol. The molecule has 1 aromatic rings. The van der Waals surface area contributed by atoms with Crippen LogP contribution in [0.3, 0.4) is 0 Å². The van der Waals surface area contributed by atoms with E-state index in [-0.39, 0.29) is 5.78 Å². The van der Waals surface area contributed by atoms with Gasteiger partial charge in [0.15, 0.2) is 5.78 Å². The van der Waals surface area contributed by atoms with Gasteiger partial charge in [0.25, 0.3) is 0 Å². The summed E-state index contributed by atoms with van der Waals surface area (Å²) in [5.74, 6) is 0.0723. The Hall–Kier alpha value is -1.09. The topological polar surface area (TPSA) is 20.3 Å². The van der Waals surface area contributed by atoms with Crippen molar-refractivity contribution in [2.24, 2.45) is 0 Å². The van der Waals surface area contributed by atoms with Crippen LogP contribution in [0.4, 0.5) is 0 Å². The molecule has 0 unspecified atom stereocenters. The van der Waals surface area contributed by atoms with Crippen molar-refractivity contribution in [3.8, 4) is 0 Å². The highest BCUT2D eigenvalue weighted by molar-refractivity contribution is 9.10. The summed E-state index contributed by atoms with van der Waals surface area (Å²) >= 11 is 3.36. The Bertz CT molecular complexity index is 405. The van der Waals surface area contributed by atoms with Crippen molar-refractivity contribution >= 4 is 21.7 Å². The van der Waals surface area contributed by atoms with E-state index >= 15 is 0 Å². The molecule has 0 atom stereocenters. The molecular weight excluding hydrogens is 278 g/mol. The fourth-order valence-electron chi connectivity index (χ4n) is 1.95. The zero-order chi connectivity index (χ0) is 12.1. The standard InChI is InChI=1S/C14H16BrNO/c15-13-6-4-12(5-7-13)14(17)8-11-16-9-2-1-3-10-16/h4-8,11H,1-3,9-10H2/b11-8-. The molecule has 0 spiro atoms. The van der Waals surface area contributed by atoms with Gasteiger partial charge >= 0.3 is 0 Å². The lowest BCUT2D eigenvalue weighted by atomic mass is 10.1. The van der Waals surface area contributed by atoms with E-state index in [0.29, 0.717) is 0 Å². The molecule has 1 aromatic carbocycles. The number of rotatable bonds is 3. The fourth-order valence-corrected chi connectivity index (χ4v) is 2.22. The maximum absolute atomic E-state index is 11.9. The number of likely N-dealkylation sites (tertiary alicyclic amines) is 1. The van der Waals surface area contributed by atoms with Gasteiger partial charge in [-0.2, -0.15) is 0 Å². The van der Waals surface area contributed by atoms with E-state index in [9.17, 15) is 4.79 Å². The van der Waals surface area contributed by atoms with E-state index in [1.165, 1.54) is 19.3 Å². The predicted octanol–water partition coefficient (Wildman–Crippen LogP) is 3.63. The van der Waals surface area contributed by atoms with Crippen molar-refractivity contribution in [2.45, 2.75) is 19.3 Å². The Balaban J connectivity index is 1.96. The molecule has 0 amide bonds. The Morgan fingerprint density at radius 1 is 1.12 bits per heavy atom. The molecule has 17 heavy (non-hydrogen) atoms. The van der Waals surface area contributed by atoms with Crippen LogP contribution in [-0.2, 0) is 0 Å². The summed E-state index contributed by atoms with van der Waals surface area (Å²) in [4.78, 5) is 14.1. The molecule has 1 aliphatic heterocycles. The number of piperidine rings is 1. The first kappa shape index (κ1) is 12.4. The van der Waals surface area contributed by atoms with E-state index in [0.717, 1.165) is 23.1 Å². The molecule has 0 radical (unpaired) electrons. The quantitative estimate of drug-likeness (QED) is 0.626. The van der Waals surface area contributed by atoms with Crippen molar-refractivity contribution < 1.29 is 4.79 Å². The minimum atomic E-state index is 0.0723. The summed E-state index contributed by atoms with van der Waals surface area (Å²) in [6.07, 6.45) is 7.39. The summed E-state index contributed by atoms with van der Waals surface area (Å²) in [6.45, 7) is 2.15. The Kier molecular flexibility index (Phi) is 4.37. The second-order valence-electron chi connectivity index (χ2n) is 4.28. The molecule has 1 aliphatic rings. The van der Waals surface area contributed by atoms with Gasteiger partial charge in [-0.3, -0.25) is 4.79 Å². The number of hydrogen-bond acceptors (Lipinski definition) is 2. The van der Waals surface area contributed by atoms with Crippen LogP contribution in [0.5, 0.6) is 0 Å². The van der Waals surface area contributed by atoms with Crippen LogP contribution < -0.4 is 0 Å². The normalized spacial score (nSPS) is 16.4. The van der Waals surface area contributed by atoms with Crippen LogP contribution in [0.2, 0.25) is 0 Å². The second kappa shape index (κ2) is 6.01. The van der Waals surface area contributed by atoms with Crippen molar-refractivity contribution in [1.82, 2.24) is 4.90 Å². The molecule has 0 saturated carbocycles. The Labute approximate surface area is 110 Å². The monoisotopic (exact) mass is 293 g/mol. The lowest BCUT2D eigenvalue weighted by Gasteiger charge is -2.24. The van der Waals surface area contributed by atoms with E-state index in [1.807, 2.05) is 30.5 Å². The molecule has 1 heterocycles. The second-order valence-corrected chi connectivity index (χ2v) is 5.20. The van der Waals surface area contributed by atoms with Gasteiger partial charge in [0.2, 0.25) is 0 Å². The van der Waals surface area contributed by atoms with Gasteiger partial charge in [0.05, 0.1) is 0 Å². The maximum Gasteiger partial charge on any atom is 0.187 e. The molecule has 2 rings (SSSR count). The van der Waals surface area contributed by atoms with Gasteiger partial charge in [-0.05, 0) is 43.5 Å². The van der Waals surface area contributed by atoms with Crippen LogP contribution in [0.25, 0.3) is 0 Å². The molecule has 1 saturated heterocycles. The first-order valence-electron chi connectivity index (χ1n) is 5.98. The van der Waals surface area contributed by atoms with E-state index in [2.05, 4.69) is 20.8 Å². The molecule has 3 heteroatoms. The highest BCUT2D eigenvalue weighted by atomic mass is 79.9. The summed E-state index contributed by atoms with van der Waals surface area (Å²) in [7, 11) is 0. The number of benzene rings is 1. The third-order valence-corrected chi connectivity index (χ3v) is 3.48. The van der Waals surface area contributed by atoms with E-state index in [1.54, 1.807) is 6.08 Å². The fraction of sp³-hybridized carbons (Fsp3) is 0.357. The number of hydrogen-bond donors (Lipinski definition) is 0.